The Morgan fingerprint density at radius 3 is 2.72 bits per heavy atom. The summed E-state index contributed by atoms with van der Waals surface area (Å²) < 4.78 is 1.19. The van der Waals surface area contributed by atoms with Crippen molar-refractivity contribution in [2.24, 2.45) is 0 Å². The van der Waals surface area contributed by atoms with E-state index >= 15 is 0 Å². The molecule has 0 amide bonds. The minimum atomic E-state index is -0.382. The number of H-pyrrole nitrogens is 1. The van der Waals surface area contributed by atoms with Crippen LogP contribution in [-0.2, 0) is 0 Å². The average molecular weight is 281 g/mol. The van der Waals surface area contributed by atoms with Gasteiger partial charge in [0.2, 0.25) is 0 Å². The predicted molar refractivity (Wildman–Crippen MR) is 69.1 cm³/mol. The Morgan fingerprint density at radius 2 is 1.94 bits per heavy atom. The van der Waals surface area contributed by atoms with Crippen molar-refractivity contribution in [2.75, 3.05) is 0 Å². The van der Waals surface area contributed by atoms with Crippen LogP contribution in [0.3, 0.4) is 0 Å². The molecule has 5 nitrogen and oxygen atoms in total. The van der Waals surface area contributed by atoms with Gasteiger partial charge in [-0.3, -0.25) is 0 Å². The zero-order chi connectivity index (χ0) is 12.7. The third kappa shape index (κ3) is 1.77. The highest BCUT2D eigenvalue weighted by Gasteiger charge is 2.06. The van der Waals surface area contributed by atoms with Gasteiger partial charge in [-0.1, -0.05) is 29.3 Å². The van der Waals surface area contributed by atoms with Gasteiger partial charge in [-0.2, -0.15) is 14.7 Å². The van der Waals surface area contributed by atoms with Gasteiger partial charge >= 0.3 is 5.69 Å². The quantitative estimate of drug-likeness (QED) is 0.745. The first-order valence-electron chi connectivity index (χ1n) is 5.05. The molecule has 0 saturated carbocycles. The monoisotopic (exact) mass is 280 g/mol. The average Bonchev–Trinajstić information content (AvgIpc) is 2.74. The zero-order valence-corrected chi connectivity index (χ0v) is 10.4. The maximum atomic E-state index is 11.4. The molecule has 18 heavy (non-hydrogen) atoms. The molecule has 0 aliphatic heterocycles. The molecule has 0 unspecified atom stereocenters. The Kier molecular flexibility index (Phi) is 2.57. The number of nitrogens with one attached hydrogen (secondary N) is 1. The summed E-state index contributed by atoms with van der Waals surface area (Å²) in [7, 11) is 0. The van der Waals surface area contributed by atoms with Gasteiger partial charge in [0.05, 0.1) is 15.7 Å². The van der Waals surface area contributed by atoms with Gasteiger partial charge in [-0.15, -0.1) is 0 Å². The first kappa shape index (κ1) is 11.3. The Balaban J connectivity index is 2.21. The molecule has 0 saturated heterocycles. The second-order valence-corrected chi connectivity index (χ2v) is 4.46. The van der Waals surface area contributed by atoms with E-state index in [9.17, 15) is 4.79 Å². The van der Waals surface area contributed by atoms with Crippen molar-refractivity contribution in [3.63, 3.8) is 0 Å². The van der Waals surface area contributed by atoms with Crippen LogP contribution in [0.4, 0.5) is 0 Å². The highest BCUT2D eigenvalue weighted by Crippen LogP contribution is 2.27. The molecule has 0 aliphatic rings. The fourth-order valence-electron chi connectivity index (χ4n) is 1.61. The maximum Gasteiger partial charge on any atom is 0.364 e. The minimum Gasteiger partial charge on any atom is -0.244 e. The number of rotatable bonds is 1. The Hall–Kier alpha value is -1.85. The number of benzene rings is 1. The molecule has 0 radical (unpaired) electrons. The molecule has 0 fully saturated rings. The lowest BCUT2D eigenvalue weighted by Crippen LogP contribution is -2.12. The summed E-state index contributed by atoms with van der Waals surface area (Å²) in [4.78, 5) is 11.4. The number of aromatic amines is 1. The second-order valence-electron chi connectivity index (χ2n) is 3.65. The first-order chi connectivity index (χ1) is 8.65. The van der Waals surface area contributed by atoms with Gasteiger partial charge in [-0.05, 0) is 24.3 Å². The number of hydrogen-bond acceptors (Lipinski definition) is 3. The fourth-order valence-corrected chi connectivity index (χ4v) is 1.91. The Morgan fingerprint density at radius 1 is 1.11 bits per heavy atom. The summed E-state index contributed by atoms with van der Waals surface area (Å²) in [6, 6.07) is 8.62. The lowest BCUT2D eigenvalue weighted by Gasteiger charge is -2.02. The third-order valence-electron chi connectivity index (χ3n) is 2.49. The Bertz CT molecular complexity index is 793. The molecule has 1 aromatic carbocycles. The lowest BCUT2D eigenvalue weighted by atomic mass is 10.1. The van der Waals surface area contributed by atoms with Gasteiger partial charge < -0.3 is 0 Å². The topological polar surface area (TPSA) is 63.0 Å². The van der Waals surface area contributed by atoms with E-state index in [1.807, 2.05) is 0 Å². The molecule has 90 valence electrons. The number of fused-ring (bicyclic) bond motifs is 1. The molecular weight excluding hydrogens is 275 g/mol. The van der Waals surface area contributed by atoms with Crippen LogP contribution in [0.15, 0.2) is 35.1 Å². The summed E-state index contributed by atoms with van der Waals surface area (Å²) in [5.74, 6) is 0. The number of aromatic nitrogens is 4. The third-order valence-corrected chi connectivity index (χ3v) is 3.23. The van der Waals surface area contributed by atoms with Crippen molar-refractivity contribution in [2.45, 2.75) is 0 Å². The van der Waals surface area contributed by atoms with Gasteiger partial charge in [0.25, 0.3) is 0 Å². The molecule has 7 heteroatoms. The van der Waals surface area contributed by atoms with Crippen molar-refractivity contribution in [1.29, 1.82) is 0 Å². The van der Waals surface area contributed by atoms with Gasteiger partial charge in [0.15, 0.2) is 5.65 Å². The van der Waals surface area contributed by atoms with Crippen molar-refractivity contribution in [3.05, 3.63) is 50.9 Å². The molecule has 1 N–H and O–H groups in total. The summed E-state index contributed by atoms with van der Waals surface area (Å²) >= 11 is 11.8. The Labute approximate surface area is 111 Å². The molecule has 0 aliphatic carbocycles. The molecule has 3 aromatic rings. The lowest BCUT2D eigenvalue weighted by molar-refractivity contribution is 0.885. The summed E-state index contributed by atoms with van der Waals surface area (Å²) in [6.45, 7) is 0. The van der Waals surface area contributed by atoms with Crippen LogP contribution in [0.5, 0.6) is 0 Å². The van der Waals surface area contributed by atoms with Crippen molar-refractivity contribution < 1.29 is 0 Å². The van der Waals surface area contributed by atoms with Gasteiger partial charge in [-0.25, -0.2) is 9.89 Å². The zero-order valence-electron chi connectivity index (χ0n) is 8.89. The number of nitrogens with zero attached hydrogens (tertiary/aromatic N) is 3. The van der Waals surface area contributed by atoms with Crippen LogP contribution in [0, 0.1) is 0 Å². The highest BCUT2D eigenvalue weighted by atomic mass is 35.5. The van der Waals surface area contributed by atoms with Crippen molar-refractivity contribution in [1.82, 2.24) is 19.8 Å². The van der Waals surface area contributed by atoms with Crippen LogP contribution >= 0.6 is 23.2 Å². The van der Waals surface area contributed by atoms with E-state index in [0.29, 0.717) is 21.4 Å². The number of halogens is 2. The second kappa shape index (κ2) is 4.12. The predicted octanol–water partition coefficient (Wildman–Crippen LogP) is 2.39. The SMILES string of the molecule is O=c1[nH]nc2ccc(-c3ccc(Cl)c(Cl)c3)nn12. The van der Waals surface area contributed by atoms with E-state index in [-0.39, 0.29) is 5.69 Å². The molecular formula is C11H6Cl2N4O. The molecule has 0 spiro atoms. The largest absolute Gasteiger partial charge is 0.364 e. The van der Waals surface area contributed by atoms with E-state index in [0.717, 1.165) is 5.56 Å². The smallest absolute Gasteiger partial charge is 0.244 e. The van der Waals surface area contributed by atoms with Gasteiger partial charge in [0.1, 0.15) is 0 Å². The van der Waals surface area contributed by atoms with Crippen LogP contribution in [0.25, 0.3) is 16.9 Å². The van der Waals surface area contributed by atoms with Crippen molar-refractivity contribution in [3.8, 4) is 11.3 Å². The highest BCUT2D eigenvalue weighted by molar-refractivity contribution is 6.42. The van der Waals surface area contributed by atoms with E-state index in [1.54, 1.807) is 30.3 Å². The first-order valence-corrected chi connectivity index (χ1v) is 5.80. The van der Waals surface area contributed by atoms with Gasteiger partial charge in [0, 0.05) is 5.56 Å². The molecule has 2 aromatic heterocycles. The maximum absolute atomic E-state index is 11.4. The van der Waals surface area contributed by atoms with E-state index < -0.39 is 0 Å². The van der Waals surface area contributed by atoms with Crippen LogP contribution in [0.1, 0.15) is 0 Å². The van der Waals surface area contributed by atoms with Crippen LogP contribution < -0.4 is 5.69 Å². The molecule has 2 heterocycles. The molecule has 3 rings (SSSR count). The van der Waals surface area contributed by atoms with Crippen LogP contribution in [-0.4, -0.2) is 19.8 Å². The fraction of sp³-hybridized carbons (Fsp3) is 0. The summed E-state index contributed by atoms with van der Waals surface area (Å²) in [6.07, 6.45) is 0. The van der Waals surface area contributed by atoms with E-state index in [2.05, 4.69) is 15.3 Å². The van der Waals surface area contributed by atoms with E-state index in [4.69, 9.17) is 23.2 Å². The molecule has 0 bridgehead atoms. The van der Waals surface area contributed by atoms with E-state index in [1.165, 1.54) is 4.52 Å². The number of hydrogen-bond donors (Lipinski definition) is 1. The molecule has 0 atom stereocenters. The minimum absolute atomic E-state index is 0.382. The summed E-state index contributed by atoms with van der Waals surface area (Å²) in [5.41, 5.74) is 1.47. The van der Waals surface area contributed by atoms with Crippen LogP contribution in [0.2, 0.25) is 10.0 Å². The normalized spacial score (nSPS) is 11.0. The standard InChI is InChI=1S/C11H6Cl2N4O/c12-7-2-1-6(5-8(7)13)9-3-4-10-14-15-11(18)17(10)16-9/h1-5H,(H,15,18). The summed E-state index contributed by atoms with van der Waals surface area (Å²) in [5, 5.41) is 11.2. The van der Waals surface area contributed by atoms with Crippen molar-refractivity contribution >= 4 is 28.8 Å².